The fourth-order valence-corrected chi connectivity index (χ4v) is 4.78. The molecule has 0 bridgehead atoms. The maximum absolute atomic E-state index is 12.2. The number of fused-ring (bicyclic) bond motifs is 1. The Kier molecular flexibility index (Phi) is 8.20. The van der Waals surface area contributed by atoms with Gasteiger partial charge in [-0.3, -0.25) is 0 Å². The number of hydrogen-bond acceptors (Lipinski definition) is 6. The maximum atomic E-state index is 12.2. The van der Waals surface area contributed by atoms with Crippen LogP contribution in [0.4, 0.5) is 0 Å². The summed E-state index contributed by atoms with van der Waals surface area (Å²) in [7, 11) is 3.05. The predicted molar refractivity (Wildman–Crippen MR) is 146 cm³/mol. The number of carbonyl (C=O) groups is 1. The SMILES string of the molecule is CCCc1cc(Cn2c(CC)nc3c(C)cc(C)nc32)ccc1OC(C(=O)O)c1ccc(OC)c(OC)c1. The van der Waals surface area contributed by atoms with Gasteiger partial charge in [-0.1, -0.05) is 38.5 Å². The number of imidazole rings is 1. The lowest BCUT2D eigenvalue weighted by molar-refractivity contribution is -0.145. The van der Waals surface area contributed by atoms with Crippen LogP contribution in [0.15, 0.2) is 42.5 Å². The quantitative estimate of drug-likeness (QED) is 0.267. The number of rotatable bonds is 11. The molecule has 200 valence electrons. The summed E-state index contributed by atoms with van der Waals surface area (Å²) >= 11 is 0. The third-order valence-corrected chi connectivity index (χ3v) is 6.58. The van der Waals surface area contributed by atoms with E-state index in [0.29, 0.717) is 29.4 Å². The van der Waals surface area contributed by atoms with Gasteiger partial charge < -0.3 is 23.9 Å². The summed E-state index contributed by atoms with van der Waals surface area (Å²) in [6.45, 7) is 8.87. The molecule has 2 heterocycles. The Bertz CT molecular complexity index is 1460. The van der Waals surface area contributed by atoms with Crippen LogP contribution in [-0.4, -0.2) is 39.8 Å². The highest BCUT2D eigenvalue weighted by molar-refractivity contribution is 5.76. The third-order valence-electron chi connectivity index (χ3n) is 6.58. The molecular formula is C30H35N3O5. The smallest absolute Gasteiger partial charge is 0.349 e. The molecule has 0 fully saturated rings. The van der Waals surface area contributed by atoms with E-state index in [2.05, 4.69) is 37.5 Å². The number of benzene rings is 2. The molecule has 0 aliphatic rings. The first-order chi connectivity index (χ1) is 18.3. The van der Waals surface area contributed by atoms with Crippen LogP contribution >= 0.6 is 0 Å². The zero-order valence-electron chi connectivity index (χ0n) is 22.9. The van der Waals surface area contributed by atoms with Crippen LogP contribution < -0.4 is 14.2 Å². The minimum atomic E-state index is -1.20. The molecule has 4 rings (SSSR count). The van der Waals surface area contributed by atoms with E-state index < -0.39 is 12.1 Å². The van der Waals surface area contributed by atoms with E-state index in [4.69, 9.17) is 24.2 Å². The van der Waals surface area contributed by atoms with Crippen molar-refractivity contribution in [3.8, 4) is 17.2 Å². The number of nitrogens with zero attached hydrogens (tertiary/aromatic N) is 3. The van der Waals surface area contributed by atoms with Gasteiger partial charge in [-0.25, -0.2) is 14.8 Å². The predicted octanol–water partition coefficient (Wildman–Crippen LogP) is 5.83. The number of aliphatic carboxylic acids is 1. The lowest BCUT2D eigenvalue weighted by atomic mass is 10.0. The van der Waals surface area contributed by atoms with Gasteiger partial charge in [0.05, 0.1) is 20.8 Å². The molecular weight excluding hydrogens is 482 g/mol. The van der Waals surface area contributed by atoms with Gasteiger partial charge in [-0.15, -0.1) is 0 Å². The molecule has 1 unspecified atom stereocenters. The summed E-state index contributed by atoms with van der Waals surface area (Å²) < 4.78 is 19.0. The lowest BCUT2D eigenvalue weighted by Gasteiger charge is -2.20. The van der Waals surface area contributed by atoms with Gasteiger partial charge >= 0.3 is 5.97 Å². The van der Waals surface area contributed by atoms with Gasteiger partial charge in [0.15, 0.2) is 17.1 Å². The second-order valence-corrected chi connectivity index (χ2v) is 9.36. The molecule has 4 aromatic rings. The van der Waals surface area contributed by atoms with Crippen molar-refractivity contribution in [2.24, 2.45) is 0 Å². The zero-order chi connectivity index (χ0) is 27.4. The molecule has 2 aromatic heterocycles. The van der Waals surface area contributed by atoms with E-state index in [9.17, 15) is 9.90 Å². The van der Waals surface area contributed by atoms with Crippen LogP contribution in [0.1, 0.15) is 60.1 Å². The van der Waals surface area contributed by atoms with Crippen molar-refractivity contribution in [2.75, 3.05) is 14.2 Å². The van der Waals surface area contributed by atoms with Gasteiger partial charge in [0.25, 0.3) is 0 Å². The first-order valence-electron chi connectivity index (χ1n) is 12.9. The van der Waals surface area contributed by atoms with Crippen LogP contribution in [0.2, 0.25) is 0 Å². The summed E-state index contributed by atoms with van der Waals surface area (Å²) in [6, 6.07) is 13.0. The van der Waals surface area contributed by atoms with Crippen LogP contribution in [0.25, 0.3) is 11.2 Å². The van der Waals surface area contributed by atoms with Gasteiger partial charge in [-0.05, 0) is 61.2 Å². The monoisotopic (exact) mass is 517 g/mol. The van der Waals surface area contributed by atoms with E-state index in [-0.39, 0.29) is 0 Å². The molecule has 8 heteroatoms. The maximum Gasteiger partial charge on any atom is 0.349 e. The van der Waals surface area contributed by atoms with Crippen molar-refractivity contribution in [2.45, 2.75) is 59.6 Å². The fourth-order valence-electron chi connectivity index (χ4n) is 4.78. The van der Waals surface area contributed by atoms with Gasteiger partial charge in [0.2, 0.25) is 6.10 Å². The van der Waals surface area contributed by atoms with Crippen molar-refractivity contribution < 1.29 is 24.1 Å². The Morgan fingerprint density at radius 3 is 2.37 bits per heavy atom. The molecule has 2 aromatic carbocycles. The van der Waals surface area contributed by atoms with E-state index in [0.717, 1.165) is 58.6 Å². The number of pyridine rings is 1. The summed E-state index contributed by atoms with van der Waals surface area (Å²) in [4.78, 5) is 21.9. The van der Waals surface area contributed by atoms with E-state index in [1.807, 2.05) is 19.1 Å². The van der Waals surface area contributed by atoms with Crippen molar-refractivity contribution in [1.29, 1.82) is 0 Å². The minimum absolute atomic E-state index is 0.447. The summed E-state index contributed by atoms with van der Waals surface area (Å²) in [5.74, 6) is 1.42. The Balaban J connectivity index is 1.69. The van der Waals surface area contributed by atoms with Crippen LogP contribution in [0.5, 0.6) is 17.2 Å². The fraction of sp³-hybridized carbons (Fsp3) is 0.367. The normalized spacial score (nSPS) is 11.9. The molecule has 38 heavy (non-hydrogen) atoms. The summed E-state index contributed by atoms with van der Waals surface area (Å²) in [6.07, 6.45) is 1.24. The summed E-state index contributed by atoms with van der Waals surface area (Å²) in [5.41, 5.74) is 6.40. The number of methoxy groups -OCH3 is 2. The van der Waals surface area contributed by atoms with E-state index >= 15 is 0 Å². The number of hydrogen-bond donors (Lipinski definition) is 1. The highest BCUT2D eigenvalue weighted by Gasteiger charge is 2.25. The van der Waals surface area contributed by atoms with Crippen molar-refractivity contribution in [3.63, 3.8) is 0 Å². The van der Waals surface area contributed by atoms with Gasteiger partial charge in [-0.2, -0.15) is 0 Å². The topological polar surface area (TPSA) is 95.7 Å². The molecule has 0 spiro atoms. The van der Waals surface area contributed by atoms with Crippen LogP contribution in [0, 0.1) is 13.8 Å². The Hall–Kier alpha value is -4.07. The molecule has 1 atom stereocenters. The lowest BCUT2D eigenvalue weighted by Crippen LogP contribution is -2.19. The molecule has 0 aliphatic heterocycles. The number of aryl methyl sites for hydroxylation is 4. The molecule has 0 amide bonds. The number of aromatic nitrogens is 3. The zero-order valence-corrected chi connectivity index (χ0v) is 22.9. The number of carboxylic acids is 1. The standard InChI is InChI=1S/C30H35N3O5/c1-7-9-21-15-20(17-33-26(8-2)32-27-18(3)14-19(4)31-29(27)33)10-12-23(21)38-28(30(34)35)22-11-13-24(36-5)25(16-22)37-6/h10-16,28H,7-9,17H2,1-6H3,(H,34,35). The second-order valence-electron chi connectivity index (χ2n) is 9.36. The van der Waals surface area contributed by atoms with Gasteiger partial charge in [0.1, 0.15) is 17.1 Å². The highest BCUT2D eigenvalue weighted by Crippen LogP contribution is 2.34. The summed E-state index contributed by atoms with van der Waals surface area (Å²) in [5, 5.41) is 10.0. The van der Waals surface area contributed by atoms with Crippen LogP contribution in [0.3, 0.4) is 0 Å². The molecule has 0 saturated heterocycles. The molecule has 0 aliphatic carbocycles. The minimum Gasteiger partial charge on any atom is -0.493 e. The molecule has 0 saturated carbocycles. The number of ether oxygens (including phenoxy) is 3. The Labute approximate surface area is 223 Å². The van der Waals surface area contributed by atoms with Crippen molar-refractivity contribution >= 4 is 17.1 Å². The average Bonchev–Trinajstić information content (AvgIpc) is 3.25. The van der Waals surface area contributed by atoms with Crippen molar-refractivity contribution in [3.05, 3.63) is 76.2 Å². The number of carboxylic acid groups (broad SMARTS) is 1. The van der Waals surface area contributed by atoms with Crippen LogP contribution in [-0.2, 0) is 24.2 Å². The highest BCUT2D eigenvalue weighted by atomic mass is 16.5. The Morgan fingerprint density at radius 2 is 1.71 bits per heavy atom. The van der Waals surface area contributed by atoms with Crippen molar-refractivity contribution in [1.82, 2.24) is 14.5 Å². The molecule has 8 nitrogen and oxygen atoms in total. The van der Waals surface area contributed by atoms with Gasteiger partial charge in [0, 0.05) is 17.7 Å². The molecule has 1 N–H and O–H groups in total. The van der Waals surface area contributed by atoms with E-state index in [1.165, 1.54) is 14.2 Å². The largest absolute Gasteiger partial charge is 0.493 e. The molecule has 0 radical (unpaired) electrons. The average molecular weight is 518 g/mol. The third kappa shape index (κ3) is 5.44. The van der Waals surface area contributed by atoms with E-state index in [1.54, 1.807) is 18.2 Å². The first-order valence-corrected chi connectivity index (χ1v) is 12.9. The Morgan fingerprint density at radius 1 is 0.974 bits per heavy atom. The first kappa shape index (κ1) is 27.0. The second kappa shape index (κ2) is 11.5.